The van der Waals surface area contributed by atoms with Gasteiger partial charge in [-0.05, 0) is 11.8 Å². The number of carbonyl (C=O) groups is 1. The quantitative estimate of drug-likeness (QED) is 0.600. The van der Waals surface area contributed by atoms with Crippen LogP contribution in [0.1, 0.15) is 27.7 Å². The maximum absolute atomic E-state index is 11.1. The van der Waals surface area contributed by atoms with E-state index in [9.17, 15) is 4.79 Å². The van der Waals surface area contributed by atoms with Gasteiger partial charge in [0.25, 0.3) is 0 Å². The third kappa shape index (κ3) is 1.39. The second-order valence-corrected chi connectivity index (χ2v) is 4.05. The Morgan fingerprint density at radius 3 is 1.91 bits per heavy atom. The summed E-state index contributed by atoms with van der Waals surface area (Å²) in [5.41, 5.74) is 0. The van der Waals surface area contributed by atoms with Crippen LogP contribution in [0.15, 0.2) is 0 Å². The zero-order valence-corrected chi connectivity index (χ0v) is 7.72. The highest BCUT2D eigenvalue weighted by Gasteiger charge is 2.42. The largest absolute Gasteiger partial charge is 0.352 e. The first-order valence-electron chi connectivity index (χ1n) is 4.34. The first kappa shape index (κ1) is 8.57. The molecule has 64 valence electrons. The number of β-lactam (4-membered cyclic amide) rings is 1. The Labute approximate surface area is 68.4 Å². The lowest BCUT2D eigenvalue weighted by Crippen LogP contribution is -2.62. The smallest absolute Gasteiger partial charge is 0.225 e. The maximum atomic E-state index is 11.1. The molecule has 1 aliphatic heterocycles. The van der Waals surface area contributed by atoms with E-state index in [1.807, 2.05) is 0 Å². The molecular formula is C9H17NO. The van der Waals surface area contributed by atoms with Crippen molar-refractivity contribution >= 4 is 5.91 Å². The minimum absolute atomic E-state index is 0.235. The molecule has 2 nitrogen and oxygen atoms in total. The predicted molar refractivity (Wildman–Crippen MR) is 45.1 cm³/mol. The molecule has 1 saturated heterocycles. The van der Waals surface area contributed by atoms with Crippen molar-refractivity contribution in [2.24, 2.45) is 17.8 Å². The summed E-state index contributed by atoms with van der Waals surface area (Å²) in [6, 6.07) is 0.419. The van der Waals surface area contributed by atoms with Gasteiger partial charge < -0.3 is 5.32 Å². The number of carbonyl (C=O) groups excluding carboxylic acids is 1. The highest BCUT2D eigenvalue weighted by atomic mass is 16.2. The van der Waals surface area contributed by atoms with Crippen LogP contribution in [0.4, 0.5) is 0 Å². The molecule has 0 aromatic carbocycles. The Morgan fingerprint density at radius 2 is 1.73 bits per heavy atom. The Morgan fingerprint density at radius 1 is 1.18 bits per heavy atom. The van der Waals surface area contributed by atoms with Crippen LogP contribution in [-0.2, 0) is 4.79 Å². The van der Waals surface area contributed by atoms with Gasteiger partial charge in [-0.25, -0.2) is 0 Å². The molecule has 0 saturated carbocycles. The van der Waals surface area contributed by atoms with Crippen molar-refractivity contribution in [1.82, 2.24) is 5.32 Å². The van der Waals surface area contributed by atoms with Crippen molar-refractivity contribution in [2.75, 3.05) is 0 Å². The molecule has 11 heavy (non-hydrogen) atoms. The van der Waals surface area contributed by atoms with Gasteiger partial charge in [-0.2, -0.15) is 0 Å². The van der Waals surface area contributed by atoms with Crippen LogP contribution in [0.2, 0.25) is 0 Å². The fourth-order valence-electron chi connectivity index (χ4n) is 1.72. The van der Waals surface area contributed by atoms with Gasteiger partial charge in [-0.3, -0.25) is 4.79 Å². The molecule has 1 fully saturated rings. The Kier molecular flexibility index (Phi) is 2.21. The zero-order valence-electron chi connectivity index (χ0n) is 7.72. The van der Waals surface area contributed by atoms with Gasteiger partial charge in [0.05, 0.1) is 5.92 Å². The van der Waals surface area contributed by atoms with E-state index in [-0.39, 0.29) is 11.8 Å². The lowest BCUT2D eigenvalue weighted by Gasteiger charge is -2.41. The molecule has 0 spiro atoms. The van der Waals surface area contributed by atoms with E-state index in [0.29, 0.717) is 17.9 Å². The summed E-state index contributed by atoms with van der Waals surface area (Å²) in [6.45, 7) is 8.52. The molecule has 2 heteroatoms. The van der Waals surface area contributed by atoms with E-state index in [0.717, 1.165) is 0 Å². The second kappa shape index (κ2) is 2.84. The van der Waals surface area contributed by atoms with Crippen LogP contribution in [0.25, 0.3) is 0 Å². The molecule has 1 aliphatic rings. The molecule has 0 radical (unpaired) electrons. The minimum atomic E-state index is 0.235. The summed E-state index contributed by atoms with van der Waals surface area (Å²) < 4.78 is 0. The minimum Gasteiger partial charge on any atom is -0.352 e. The lowest BCUT2D eigenvalue weighted by atomic mass is 9.76. The number of amides is 1. The Balaban J connectivity index is 2.55. The molecule has 1 N–H and O–H groups in total. The van der Waals surface area contributed by atoms with Crippen molar-refractivity contribution in [1.29, 1.82) is 0 Å². The van der Waals surface area contributed by atoms with E-state index >= 15 is 0 Å². The van der Waals surface area contributed by atoms with E-state index in [4.69, 9.17) is 0 Å². The van der Waals surface area contributed by atoms with Crippen molar-refractivity contribution < 1.29 is 4.79 Å². The van der Waals surface area contributed by atoms with Gasteiger partial charge in [-0.15, -0.1) is 0 Å². The van der Waals surface area contributed by atoms with E-state index in [2.05, 4.69) is 33.0 Å². The van der Waals surface area contributed by atoms with Crippen molar-refractivity contribution in [3.05, 3.63) is 0 Å². The van der Waals surface area contributed by atoms with Gasteiger partial charge in [0, 0.05) is 6.04 Å². The standard InChI is InChI=1S/C9H17NO/c1-5(2)7-8(6(3)4)10-9(7)11/h5-8H,1-4H3,(H,10,11)/t7-,8+/m1/s1. The molecule has 0 unspecified atom stereocenters. The first-order chi connectivity index (χ1) is 5.04. The maximum Gasteiger partial charge on any atom is 0.225 e. The summed E-state index contributed by atoms with van der Waals surface area (Å²) in [6.07, 6.45) is 0. The Hall–Kier alpha value is -0.530. The predicted octanol–water partition coefficient (Wildman–Crippen LogP) is 1.41. The van der Waals surface area contributed by atoms with Gasteiger partial charge in [0.15, 0.2) is 0 Å². The molecule has 2 atom stereocenters. The van der Waals surface area contributed by atoms with Crippen LogP contribution >= 0.6 is 0 Å². The van der Waals surface area contributed by atoms with Gasteiger partial charge in [0.1, 0.15) is 0 Å². The lowest BCUT2D eigenvalue weighted by molar-refractivity contribution is -0.138. The van der Waals surface area contributed by atoms with Crippen LogP contribution in [0.5, 0.6) is 0 Å². The number of hydrogen-bond donors (Lipinski definition) is 1. The van der Waals surface area contributed by atoms with Crippen LogP contribution < -0.4 is 5.32 Å². The fourth-order valence-corrected chi connectivity index (χ4v) is 1.72. The van der Waals surface area contributed by atoms with Gasteiger partial charge in [0.2, 0.25) is 5.91 Å². The molecule has 1 heterocycles. The third-order valence-corrected chi connectivity index (χ3v) is 2.44. The monoisotopic (exact) mass is 155 g/mol. The zero-order chi connectivity index (χ0) is 8.59. The van der Waals surface area contributed by atoms with Gasteiger partial charge in [-0.1, -0.05) is 27.7 Å². The average Bonchev–Trinajstić information content (AvgIpc) is 1.80. The normalized spacial score (nSPS) is 30.5. The molecule has 1 amide bonds. The summed E-state index contributed by atoms with van der Waals surface area (Å²) in [4.78, 5) is 11.1. The highest BCUT2D eigenvalue weighted by molar-refractivity contribution is 5.86. The fraction of sp³-hybridized carbons (Fsp3) is 0.889. The van der Waals surface area contributed by atoms with Crippen LogP contribution in [0.3, 0.4) is 0 Å². The van der Waals surface area contributed by atoms with Crippen LogP contribution in [0, 0.1) is 17.8 Å². The summed E-state index contributed by atoms with van der Waals surface area (Å²) >= 11 is 0. The van der Waals surface area contributed by atoms with Gasteiger partial charge >= 0.3 is 0 Å². The molecule has 0 aromatic heterocycles. The van der Waals surface area contributed by atoms with E-state index in [1.165, 1.54) is 0 Å². The third-order valence-electron chi connectivity index (χ3n) is 2.44. The topological polar surface area (TPSA) is 29.1 Å². The summed E-state index contributed by atoms with van der Waals surface area (Å²) in [5, 5.41) is 2.93. The molecule has 0 aliphatic carbocycles. The molecule has 0 aromatic rings. The van der Waals surface area contributed by atoms with Crippen molar-refractivity contribution in [2.45, 2.75) is 33.7 Å². The number of hydrogen-bond acceptors (Lipinski definition) is 1. The Bertz CT molecular complexity index is 163. The SMILES string of the molecule is CC(C)[C@H]1C(=O)N[C@H]1C(C)C. The number of nitrogens with one attached hydrogen (secondary N) is 1. The van der Waals surface area contributed by atoms with E-state index < -0.39 is 0 Å². The van der Waals surface area contributed by atoms with Crippen LogP contribution in [-0.4, -0.2) is 11.9 Å². The highest BCUT2D eigenvalue weighted by Crippen LogP contribution is 2.28. The second-order valence-electron chi connectivity index (χ2n) is 4.05. The average molecular weight is 155 g/mol. The first-order valence-corrected chi connectivity index (χ1v) is 4.34. The van der Waals surface area contributed by atoms with E-state index in [1.54, 1.807) is 0 Å². The molecular weight excluding hydrogens is 138 g/mol. The van der Waals surface area contributed by atoms with Crippen molar-refractivity contribution in [3.63, 3.8) is 0 Å². The van der Waals surface area contributed by atoms with Crippen molar-refractivity contribution in [3.8, 4) is 0 Å². The molecule has 1 rings (SSSR count). The number of rotatable bonds is 2. The summed E-state index contributed by atoms with van der Waals surface area (Å²) in [7, 11) is 0. The summed E-state index contributed by atoms with van der Waals surface area (Å²) in [5.74, 6) is 1.55. The molecule has 0 bridgehead atoms.